The number of benzene rings is 2. The second kappa shape index (κ2) is 10.9. The molecule has 0 radical (unpaired) electrons. The van der Waals surface area contributed by atoms with Crippen molar-refractivity contribution < 1.29 is 23.4 Å². The van der Waals surface area contributed by atoms with Gasteiger partial charge in [-0.05, 0) is 23.8 Å². The largest absolute Gasteiger partial charge is 0.493 e. The second-order valence-electron chi connectivity index (χ2n) is 6.60. The smallest absolute Gasteiger partial charge is 0.254 e. The van der Waals surface area contributed by atoms with E-state index in [1.54, 1.807) is 30.3 Å². The molecule has 1 aliphatic heterocycles. The van der Waals surface area contributed by atoms with E-state index in [9.17, 15) is 9.18 Å². The summed E-state index contributed by atoms with van der Waals surface area (Å²) in [6.07, 6.45) is 1.46. The molecule has 1 saturated heterocycles. The summed E-state index contributed by atoms with van der Waals surface area (Å²) >= 11 is 6.32. The number of ether oxygens (including phenoxy) is 3. The Balaban J connectivity index is 1.60. The van der Waals surface area contributed by atoms with Gasteiger partial charge in [0.15, 0.2) is 11.5 Å². The predicted octanol–water partition coefficient (Wildman–Crippen LogP) is 2.85. The van der Waals surface area contributed by atoms with Gasteiger partial charge in [0.1, 0.15) is 12.4 Å². The Bertz CT molecular complexity index is 904. The molecule has 1 heterocycles. The molecule has 9 heteroatoms. The zero-order valence-electron chi connectivity index (χ0n) is 16.6. The van der Waals surface area contributed by atoms with Crippen molar-refractivity contribution in [2.45, 2.75) is 6.61 Å². The van der Waals surface area contributed by atoms with E-state index >= 15 is 0 Å². The fraction of sp³-hybridized carbons (Fsp3) is 0.333. The van der Waals surface area contributed by atoms with E-state index in [4.69, 9.17) is 25.8 Å². The Morgan fingerprint density at radius 2 is 2.10 bits per heavy atom. The van der Waals surface area contributed by atoms with Gasteiger partial charge < -0.3 is 14.2 Å². The summed E-state index contributed by atoms with van der Waals surface area (Å²) in [4.78, 5) is 14.0. The molecule has 0 bridgehead atoms. The number of morpholine rings is 1. The molecule has 3 rings (SSSR count). The van der Waals surface area contributed by atoms with Gasteiger partial charge in [0.25, 0.3) is 5.91 Å². The van der Waals surface area contributed by atoms with Gasteiger partial charge in [-0.25, -0.2) is 9.82 Å². The number of hydrazone groups is 1. The van der Waals surface area contributed by atoms with Crippen molar-refractivity contribution in [3.8, 4) is 11.5 Å². The van der Waals surface area contributed by atoms with Gasteiger partial charge in [0, 0.05) is 18.7 Å². The summed E-state index contributed by atoms with van der Waals surface area (Å²) in [5.41, 5.74) is 3.51. The Kier molecular flexibility index (Phi) is 8.01. The number of carbonyl (C=O) groups is 1. The lowest BCUT2D eigenvalue weighted by Gasteiger charge is -2.25. The third-order valence-electron chi connectivity index (χ3n) is 4.46. The van der Waals surface area contributed by atoms with Crippen molar-refractivity contribution in [2.75, 3.05) is 40.0 Å². The van der Waals surface area contributed by atoms with Crippen LogP contribution in [0.3, 0.4) is 0 Å². The Hall–Kier alpha value is -2.68. The molecular formula is C21H23ClFN3O4. The number of hydrogen-bond donors (Lipinski definition) is 1. The highest BCUT2D eigenvalue weighted by Gasteiger charge is 2.14. The molecule has 30 heavy (non-hydrogen) atoms. The highest BCUT2D eigenvalue weighted by atomic mass is 35.5. The SMILES string of the molecule is COc1cc(/C=N/NC(=O)CN2CCOCC2)cc(Cl)c1OCc1ccccc1F. The van der Waals surface area contributed by atoms with Crippen LogP contribution in [0.4, 0.5) is 4.39 Å². The number of rotatable bonds is 8. The minimum atomic E-state index is -0.357. The molecule has 0 unspecified atom stereocenters. The minimum Gasteiger partial charge on any atom is -0.493 e. The maximum atomic E-state index is 13.8. The number of amides is 1. The summed E-state index contributed by atoms with van der Waals surface area (Å²) in [5, 5.41) is 4.26. The van der Waals surface area contributed by atoms with Crippen LogP contribution in [0.5, 0.6) is 11.5 Å². The van der Waals surface area contributed by atoms with E-state index in [1.165, 1.54) is 19.4 Å². The first-order valence-electron chi connectivity index (χ1n) is 9.42. The number of hydrogen-bond acceptors (Lipinski definition) is 6. The lowest BCUT2D eigenvalue weighted by Crippen LogP contribution is -2.42. The molecule has 0 aliphatic carbocycles. The number of carbonyl (C=O) groups excluding carboxylic acids is 1. The second-order valence-corrected chi connectivity index (χ2v) is 7.00. The highest BCUT2D eigenvalue weighted by Crippen LogP contribution is 2.36. The number of nitrogens with zero attached hydrogens (tertiary/aromatic N) is 2. The quantitative estimate of drug-likeness (QED) is 0.510. The number of halogens is 2. The number of nitrogens with one attached hydrogen (secondary N) is 1. The normalized spacial score (nSPS) is 14.6. The monoisotopic (exact) mass is 435 g/mol. The topological polar surface area (TPSA) is 72.4 Å². The average Bonchev–Trinajstić information content (AvgIpc) is 2.74. The van der Waals surface area contributed by atoms with Crippen LogP contribution in [-0.4, -0.2) is 57.0 Å². The standard InChI is InChI=1S/C21H23ClFN3O4/c1-28-19-11-15(12-24-25-20(27)13-26-6-8-29-9-7-26)10-17(22)21(19)30-14-16-4-2-3-5-18(16)23/h2-5,10-12H,6-9,13-14H2,1H3,(H,25,27)/b24-12+. The van der Waals surface area contributed by atoms with Gasteiger partial charge in [-0.15, -0.1) is 0 Å². The molecule has 2 aromatic carbocycles. The van der Waals surface area contributed by atoms with Crippen LogP contribution < -0.4 is 14.9 Å². The van der Waals surface area contributed by atoms with Crippen LogP contribution in [0, 0.1) is 5.82 Å². The third kappa shape index (κ3) is 6.16. The van der Waals surface area contributed by atoms with E-state index < -0.39 is 0 Å². The fourth-order valence-electron chi connectivity index (χ4n) is 2.90. The molecule has 2 aromatic rings. The molecule has 1 amide bonds. The molecule has 7 nitrogen and oxygen atoms in total. The van der Waals surface area contributed by atoms with E-state index in [1.807, 2.05) is 4.90 Å². The lowest BCUT2D eigenvalue weighted by molar-refractivity contribution is -0.123. The lowest BCUT2D eigenvalue weighted by atomic mass is 10.2. The van der Waals surface area contributed by atoms with Crippen LogP contribution in [0.15, 0.2) is 41.5 Å². The highest BCUT2D eigenvalue weighted by molar-refractivity contribution is 6.32. The summed E-state index contributed by atoms with van der Waals surface area (Å²) in [7, 11) is 1.48. The van der Waals surface area contributed by atoms with E-state index in [0.29, 0.717) is 35.8 Å². The Labute approximate surface area is 179 Å². The average molecular weight is 436 g/mol. The third-order valence-corrected chi connectivity index (χ3v) is 4.74. The van der Waals surface area contributed by atoms with Gasteiger partial charge in [-0.3, -0.25) is 9.69 Å². The van der Waals surface area contributed by atoms with Crippen molar-refractivity contribution in [1.82, 2.24) is 10.3 Å². The van der Waals surface area contributed by atoms with E-state index in [-0.39, 0.29) is 29.9 Å². The molecule has 0 spiro atoms. The van der Waals surface area contributed by atoms with Crippen molar-refractivity contribution >= 4 is 23.7 Å². The first-order chi connectivity index (χ1) is 14.6. The fourth-order valence-corrected chi connectivity index (χ4v) is 3.17. The molecule has 0 atom stereocenters. The number of methoxy groups -OCH3 is 1. The van der Waals surface area contributed by atoms with E-state index in [2.05, 4.69) is 10.5 Å². The molecule has 1 aliphatic rings. The van der Waals surface area contributed by atoms with Crippen molar-refractivity contribution in [1.29, 1.82) is 0 Å². The van der Waals surface area contributed by atoms with Gasteiger partial charge in [0.2, 0.25) is 0 Å². The van der Waals surface area contributed by atoms with Gasteiger partial charge >= 0.3 is 0 Å². The first kappa shape index (κ1) is 22.0. The minimum absolute atomic E-state index is 0.00772. The maximum absolute atomic E-state index is 13.8. The van der Waals surface area contributed by atoms with Gasteiger partial charge in [0.05, 0.1) is 38.1 Å². The van der Waals surface area contributed by atoms with Crippen LogP contribution in [0.25, 0.3) is 0 Å². The molecule has 160 valence electrons. The van der Waals surface area contributed by atoms with Crippen molar-refractivity contribution in [2.24, 2.45) is 5.10 Å². The summed E-state index contributed by atoms with van der Waals surface area (Å²) in [6.45, 7) is 2.96. The van der Waals surface area contributed by atoms with Crippen LogP contribution in [0.1, 0.15) is 11.1 Å². The molecule has 1 N–H and O–H groups in total. The van der Waals surface area contributed by atoms with Crippen LogP contribution in [-0.2, 0) is 16.1 Å². The summed E-state index contributed by atoms with van der Waals surface area (Å²) in [5.74, 6) is 0.107. The maximum Gasteiger partial charge on any atom is 0.254 e. The Morgan fingerprint density at radius 1 is 1.33 bits per heavy atom. The summed E-state index contributed by atoms with van der Waals surface area (Å²) < 4.78 is 30.1. The molecular weight excluding hydrogens is 413 g/mol. The van der Waals surface area contributed by atoms with E-state index in [0.717, 1.165) is 13.1 Å². The van der Waals surface area contributed by atoms with Gasteiger partial charge in [-0.2, -0.15) is 5.10 Å². The molecule has 0 saturated carbocycles. The van der Waals surface area contributed by atoms with Gasteiger partial charge in [-0.1, -0.05) is 29.8 Å². The zero-order valence-corrected chi connectivity index (χ0v) is 17.3. The molecule has 1 fully saturated rings. The van der Waals surface area contributed by atoms with Crippen LogP contribution >= 0.6 is 11.6 Å². The van der Waals surface area contributed by atoms with Crippen LogP contribution in [0.2, 0.25) is 5.02 Å². The summed E-state index contributed by atoms with van der Waals surface area (Å²) in [6, 6.07) is 9.63. The van der Waals surface area contributed by atoms with Crippen molar-refractivity contribution in [3.63, 3.8) is 0 Å². The predicted molar refractivity (Wildman–Crippen MR) is 112 cm³/mol. The zero-order chi connectivity index (χ0) is 21.3. The van der Waals surface area contributed by atoms with Crippen molar-refractivity contribution in [3.05, 3.63) is 58.4 Å². The Morgan fingerprint density at radius 3 is 2.83 bits per heavy atom. The first-order valence-corrected chi connectivity index (χ1v) is 9.80. The molecule has 0 aromatic heterocycles.